The van der Waals surface area contributed by atoms with Gasteiger partial charge in [0.25, 0.3) is 0 Å². The average molecular weight is 183 g/mol. The van der Waals surface area contributed by atoms with Crippen LogP contribution in [0.3, 0.4) is 0 Å². The molecule has 1 heterocycles. The van der Waals surface area contributed by atoms with Gasteiger partial charge >= 0.3 is 0 Å². The van der Waals surface area contributed by atoms with Crippen molar-refractivity contribution in [1.29, 1.82) is 0 Å². The first-order valence-electron chi connectivity index (χ1n) is 5.02. The lowest BCUT2D eigenvalue weighted by molar-refractivity contribution is -0.135. The number of carbonyl (C=O) groups is 1. The molecule has 1 aliphatic heterocycles. The lowest BCUT2D eigenvalue weighted by Gasteiger charge is -2.34. The first kappa shape index (κ1) is 9.16. The molecule has 0 amide bonds. The monoisotopic (exact) mass is 183 g/mol. The number of ketones is 1. The summed E-state index contributed by atoms with van der Waals surface area (Å²) in [4.78, 5) is 12.0. The van der Waals surface area contributed by atoms with Crippen LogP contribution in [-0.4, -0.2) is 25.0 Å². The van der Waals surface area contributed by atoms with E-state index in [9.17, 15) is 4.79 Å². The average Bonchev–Trinajstić information content (AvgIpc) is 2.30. The molecular weight excluding hydrogens is 166 g/mol. The summed E-state index contributed by atoms with van der Waals surface area (Å²) in [6, 6.07) is -0.0967. The van der Waals surface area contributed by atoms with E-state index in [1.807, 2.05) is 6.92 Å². The fraction of sp³-hybridized carbons (Fsp3) is 0.900. The highest BCUT2D eigenvalue weighted by molar-refractivity contribution is 5.88. The molecule has 2 rings (SSSR count). The smallest absolute Gasteiger partial charge is 0.145 e. The standard InChI is InChI=1S/C10H17NO2/c1-10(6-13-5-8(10)11)9(12)7-3-2-4-7/h7-8H,2-6,11H2,1H3. The number of nitrogens with two attached hydrogens (primary N) is 1. The molecule has 2 aliphatic rings. The molecule has 74 valence electrons. The zero-order chi connectivity index (χ0) is 9.47. The van der Waals surface area contributed by atoms with Gasteiger partial charge in [0, 0.05) is 12.0 Å². The van der Waals surface area contributed by atoms with E-state index in [4.69, 9.17) is 10.5 Å². The van der Waals surface area contributed by atoms with E-state index in [2.05, 4.69) is 0 Å². The van der Waals surface area contributed by atoms with Gasteiger partial charge in [0.2, 0.25) is 0 Å². The maximum atomic E-state index is 12.0. The Balaban J connectivity index is 2.08. The predicted molar refractivity (Wildman–Crippen MR) is 49.2 cm³/mol. The Labute approximate surface area is 78.6 Å². The van der Waals surface area contributed by atoms with Crippen molar-refractivity contribution >= 4 is 5.78 Å². The van der Waals surface area contributed by atoms with Crippen molar-refractivity contribution in [3.8, 4) is 0 Å². The SMILES string of the molecule is CC1(C(=O)C2CCC2)COCC1N. The zero-order valence-corrected chi connectivity index (χ0v) is 8.08. The predicted octanol–water partition coefficient (Wildman–Crippen LogP) is 0.719. The van der Waals surface area contributed by atoms with Crippen LogP contribution in [0.15, 0.2) is 0 Å². The van der Waals surface area contributed by atoms with Crippen molar-refractivity contribution < 1.29 is 9.53 Å². The van der Waals surface area contributed by atoms with E-state index in [1.165, 1.54) is 6.42 Å². The van der Waals surface area contributed by atoms with E-state index in [-0.39, 0.29) is 12.0 Å². The third-order valence-corrected chi connectivity index (χ3v) is 3.56. The Morgan fingerprint density at radius 2 is 2.23 bits per heavy atom. The summed E-state index contributed by atoms with van der Waals surface area (Å²) in [6.45, 7) is 3.00. The van der Waals surface area contributed by atoms with Gasteiger partial charge in [-0.15, -0.1) is 0 Å². The minimum atomic E-state index is -0.398. The highest BCUT2D eigenvalue weighted by atomic mass is 16.5. The van der Waals surface area contributed by atoms with Gasteiger partial charge in [-0.25, -0.2) is 0 Å². The van der Waals surface area contributed by atoms with Gasteiger partial charge in [-0.05, 0) is 19.8 Å². The van der Waals surface area contributed by atoms with E-state index >= 15 is 0 Å². The summed E-state index contributed by atoms with van der Waals surface area (Å²) in [6.07, 6.45) is 3.31. The Hall–Kier alpha value is -0.410. The van der Waals surface area contributed by atoms with Crippen LogP contribution in [0.1, 0.15) is 26.2 Å². The molecule has 1 aliphatic carbocycles. The quantitative estimate of drug-likeness (QED) is 0.686. The molecule has 0 radical (unpaired) electrons. The lowest BCUT2D eigenvalue weighted by Crippen LogP contribution is -2.48. The first-order valence-corrected chi connectivity index (χ1v) is 5.02. The Kier molecular flexibility index (Phi) is 2.16. The molecule has 0 aromatic carbocycles. The van der Waals surface area contributed by atoms with E-state index in [0.717, 1.165) is 12.8 Å². The number of rotatable bonds is 2. The summed E-state index contributed by atoms with van der Waals surface area (Å²) < 4.78 is 5.27. The van der Waals surface area contributed by atoms with Crippen LogP contribution in [0.2, 0.25) is 0 Å². The molecule has 2 fully saturated rings. The highest BCUT2D eigenvalue weighted by Crippen LogP contribution is 2.38. The third kappa shape index (κ3) is 1.30. The number of carbonyl (C=O) groups excluding carboxylic acids is 1. The minimum absolute atomic E-state index is 0.0967. The van der Waals surface area contributed by atoms with Crippen LogP contribution in [0, 0.1) is 11.3 Å². The van der Waals surface area contributed by atoms with Crippen LogP contribution < -0.4 is 5.73 Å². The van der Waals surface area contributed by atoms with Crippen molar-refractivity contribution in [2.24, 2.45) is 17.1 Å². The summed E-state index contributed by atoms with van der Waals surface area (Å²) in [7, 11) is 0. The van der Waals surface area contributed by atoms with E-state index < -0.39 is 5.41 Å². The molecular formula is C10H17NO2. The lowest BCUT2D eigenvalue weighted by atomic mass is 9.69. The molecule has 0 aromatic heterocycles. The fourth-order valence-electron chi connectivity index (χ4n) is 2.08. The fourth-order valence-corrected chi connectivity index (χ4v) is 2.08. The maximum Gasteiger partial charge on any atom is 0.145 e. The number of ether oxygens (including phenoxy) is 1. The minimum Gasteiger partial charge on any atom is -0.379 e. The Morgan fingerprint density at radius 3 is 2.62 bits per heavy atom. The van der Waals surface area contributed by atoms with Crippen molar-refractivity contribution in [2.45, 2.75) is 32.2 Å². The van der Waals surface area contributed by atoms with Crippen LogP contribution in [-0.2, 0) is 9.53 Å². The van der Waals surface area contributed by atoms with Gasteiger partial charge in [-0.1, -0.05) is 6.42 Å². The molecule has 2 atom stereocenters. The topological polar surface area (TPSA) is 52.3 Å². The molecule has 3 nitrogen and oxygen atoms in total. The van der Waals surface area contributed by atoms with Crippen LogP contribution in [0.4, 0.5) is 0 Å². The van der Waals surface area contributed by atoms with E-state index in [0.29, 0.717) is 19.0 Å². The number of Topliss-reactive ketones (excluding diaryl/α,β-unsaturated/α-hetero) is 1. The number of hydrogen-bond acceptors (Lipinski definition) is 3. The summed E-state index contributed by atoms with van der Waals surface area (Å²) >= 11 is 0. The second-order valence-electron chi connectivity index (χ2n) is 4.53. The summed E-state index contributed by atoms with van der Waals surface area (Å²) in [5, 5.41) is 0. The second kappa shape index (κ2) is 3.07. The largest absolute Gasteiger partial charge is 0.379 e. The number of hydrogen-bond donors (Lipinski definition) is 1. The van der Waals surface area contributed by atoms with Gasteiger partial charge in [0.15, 0.2) is 0 Å². The van der Waals surface area contributed by atoms with Crippen LogP contribution in [0.5, 0.6) is 0 Å². The molecule has 13 heavy (non-hydrogen) atoms. The zero-order valence-electron chi connectivity index (χ0n) is 8.08. The molecule has 2 N–H and O–H groups in total. The Morgan fingerprint density at radius 1 is 1.54 bits per heavy atom. The van der Waals surface area contributed by atoms with Crippen LogP contribution in [0.25, 0.3) is 0 Å². The first-order chi connectivity index (χ1) is 6.14. The van der Waals surface area contributed by atoms with Crippen LogP contribution >= 0.6 is 0 Å². The molecule has 3 heteroatoms. The molecule has 0 bridgehead atoms. The molecule has 0 aromatic rings. The Bertz CT molecular complexity index is 225. The molecule has 2 unspecified atom stereocenters. The van der Waals surface area contributed by atoms with Crippen molar-refractivity contribution in [2.75, 3.05) is 13.2 Å². The van der Waals surface area contributed by atoms with E-state index in [1.54, 1.807) is 0 Å². The van der Waals surface area contributed by atoms with Gasteiger partial charge in [0.05, 0.1) is 18.6 Å². The summed E-state index contributed by atoms with van der Waals surface area (Å²) in [5.74, 6) is 0.613. The molecule has 1 saturated heterocycles. The van der Waals surface area contributed by atoms with Crippen molar-refractivity contribution in [1.82, 2.24) is 0 Å². The maximum absolute atomic E-state index is 12.0. The second-order valence-corrected chi connectivity index (χ2v) is 4.53. The van der Waals surface area contributed by atoms with Gasteiger partial charge in [-0.2, -0.15) is 0 Å². The normalized spacial score (nSPS) is 40.3. The van der Waals surface area contributed by atoms with Crippen molar-refractivity contribution in [3.63, 3.8) is 0 Å². The molecule has 1 saturated carbocycles. The third-order valence-electron chi connectivity index (χ3n) is 3.56. The molecule has 0 spiro atoms. The van der Waals surface area contributed by atoms with Gasteiger partial charge < -0.3 is 10.5 Å². The van der Waals surface area contributed by atoms with Gasteiger partial charge in [-0.3, -0.25) is 4.79 Å². The van der Waals surface area contributed by atoms with Crippen molar-refractivity contribution in [3.05, 3.63) is 0 Å². The summed E-state index contributed by atoms with van der Waals surface area (Å²) in [5.41, 5.74) is 5.49. The highest BCUT2D eigenvalue weighted by Gasteiger charge is 2.47. The van der Waals surface area contributed by atoms with Gasteiger partial charge in [0.1, 0.15) is 5.78 Å².